The van der Waals surface area contributed by atoms with E-state index in [1.54, 1.807) is 0 Å². The summed E-state index contributed by atoms with van der Waals surface area (Å²) in [4.78, 5) is 13.4. The molecule has 1 heterocycles. The van der Waals surface area contributed by atoms with E-state index >= 15 is 0 Å². The summed E-state index contributed by atoms with van der Waals surface area (Å²) in [6.07, 6.45) is 1.70. The van der Waals surface area contributed by atoms with Gasteiger partial charge in [0.25, 0.3) is 0 Å². The van der Waals surface area contributed by atoms with Crippen LogP contribution in [0.2, 0.25) is 0 Å². The molecule has 0 radical (unpaired) electrons. The summed E-state index contributed by atoms with van der Waals surface area (Å²) in [6, 6.07) is 0. The lowest BCUT2D eigenvalue weighted by molar-refractivity contribution is -0.121. The molecule has 3 nitrogen and oxygen atoms in total. The fraction of sp³-hybridized carbons (Fsp3) is 0.889. The Morgan fingerprint density at radius 2 is 2.33 bits per heavy atom. The first kappa shape index (κ1) is 9.52. The fourth-order valence-corrected chi connectivity index (χ4v) is 1.57. The van der Waals surface area contributed by atoms with Crippen LogP contribution in [0.3, 0.4) is 0 Å². The highest BCUT2D eigenvalue weighted by Gasteiger charge is 2.11. The smallest absolute Gasteiger partial charge is 0.220 e. The SMILES string of the molecule is CC1CCC(=O)NCCN(C)C1. The third kappa shape index (κ3) is 3.22. The number of carbonyl (C=O) groups is 1. The van der Waals surface area contributed by atoms with E-state index in [1.807, 2.05) is 0 Å². The molecule has 3 heteroatoms. The van der Waals surface area contributed by atoms with E-state index in [9.17, 15) is 4.79 Å². The number of rotatable bonds is 0. The van der Waals surface area contributed by atoms with Gasteiger partial charge in [0.1, 0.15) is 0 Å². The van der Waals surface area contributed by atoms with Crippen molar-refractivity contribution < 1.29 is 4.79 Å². The topological polar surface area (TPSA) is 32.3 Å². The number of hydrogen-bond donors (Lipinski definition) is 1. The van der Waals surface area contributed by atoms with Crippen LogP contribution >= 0.6 is 0 Å². The summed E-state index contributed by atoms with van der Waals surface area (Å²) in [5.74, 6) is 0.844. The molecular weight excluding hydrogens is 152 g/mol. The number of nitrogens with zero attached hydrogens (tertiary/aromatic N) is 1. The molecule has 12 heavy (non-hydrogen) atoms. The predicted octanol–water partition coefficient (Wildman–Crippen LogP) is 0.464. The van der Waals surface area contributed by atoms with E-state index in [0.717, 1.165) is 26.1 Å². The van der Waals surface area contributed by atoms with Crippen LogP contribution in [0.15, 0.2) is 0 Å². The lowest BCUT2D eigenvalue weighted by Gasteiger charge is -2.18. The Labute approximate surface area is 74.1 Å². The average molecular weight is 170 g/mol. The second-order valence-corrected chi connectivity index (χ2v) is 3.76. The van der Waals surface area contributed by atoms with Crippen molar-refractivity contribution in [3.05, 3.63) is 0 Å². The molecule has 1 amide bonds. The van der Waals surface area contributed by atoms with Crippen molar-refractivity contribution in [3.8, 4) is 0 Å². The van der Waals surface area contributed by atoms with Crippen LogP contribution in [0.4, 0.5) is 0 Å². The number of nitrogens with one attached hydrogen (secondary N) is 1. The Bertz CT molecular complexity index is 159. The summed E-state index contributed by atoms with van der Waals surface area (Å²) in [5, 5.41) is 2.89. The molecule has 0 aromatic heterocycles. The zero-order valence-electron chi connectivity index (χ0n) is 7.97. The third-order valence-electron chi connectivity index (χ3n) is 2.30. The van der Waals surface area contributed by atoms with Crippen molar-refractivity contribution in [2.45, 2.75) is 19.8 Å². The van der Waals surface area contributed by atoms with Gasteiger partial charge in [0.15, 0.2) is 0 Å². The van der Waals surface area contributed by atoms with Crippen LogP contribution in [0.25, 0.3) is 0 Å². The van der Waals surface area contributed by atoms with E-state index in [1.165, 1.54) is 0 Å². The molecule has 70 valence electrons. The summed E-state index contributed by atoms with van der Waals surface area (Å²) in [5.41, 5.74) is 0. The minimum absolute atomic E-state index is 0.206. The molecule has 1 aliphatic rings. The van der Waals surface area contributed by atoms with Crippen LogP contribution < -0.4 is 5.32 Å². The molecular formula is C9H18N2O. The van der Waals surface area contributed by atoms with E-state index in [0.29, 0.717) is 12.3 Å². The Morgan fingerprint density at radius 3 is 3.08 bits per heavy atom. The Hall–Kier alpha value is -0.570. The summed E-state index contributed by atoms with van der Waals surface area (Å²) >= 11 is 0. The number of amides is 1. The molecule has 0 aromatic rings. The lowest BCUT2D eigenvalue weighted by Crippen LogP contribution is -2.32. The van der Waals surface area contributed by atoms with Crippen LogP contribution in [0, 0.1) is 5.92 Å². The first-order valence-corrected chi connectivity index (χ1v) is 4.63. The van der Waals surface area contributed by atoms with Crippen LogP contribution in [-0.2, 0) is 4.79 Å². The van der Waals surface area contributed by atoms with Gasteiger partial charge < -0.3 is 10.2 Å². The van der Waals surface area contributed by atoms with Gasteiger partial charge in [0.05, 0.1) is 0 Å². The molecule has 1 unspecified atom stereocenters. The predicted molar refractivity (Wildman–Crippen MR) is 48.9 cm³/mol. The fourth-order valence-electron chi connectivity index (χ4n) is 1.57. The first-order valence-electron chi connectivity index (χ1n) is 4.63. The minimum Gasteiger partial charge on any atom is -0.355 e. The quantitative estimate of drug-likeness (QED) is 0.573. The maximum atomic E-state index is 11.1. The van der Waals surface area contributed by atoms with Crippen LogP contribution in [0.5, 0.6) is 0 Å². The zero-order chi connectivity index (χ0) is 8.97. The Balaban J connectivity index is 2.41. The van der Waals surface area contributed by atoms with Gasteiger partial charge in [0.2, 0.25) is 5.91 Å². The first-order chi connectivity index (χ1) is 5.68. The molecule has 1 atom stereocenters. The molecule has 1 aliphatic heterocycles. The van der Waals surface area contributed by atoms with Gasteiger partial charge in [-0.05, 0) is 19.4 Å². The van der Waals surface area contributed by atoms with E-state index in [2.05, 4.69) is 24.2 Å². The molecule has 1 saturated heterocycles. The van der Waals surface area contributed by atoms with Gasteiger partial charge >= 0.3 is 0 Å². The summed E-state index contributed by atoms with van der Waals surface area (Å²) < 4.78 is 0. The van der Waals surface area contributed by atoms with Crippen LogP contribution in [-0.4, -0.2) is 37.5 Å². The van der Waals surface area contributed by atoms with Crippen molar-refractivity contribution in [1.29, 1.82) is 0 Å². The molecule has 1 rings (SSSR count). The number of likely N-dealkylation sites (N-methyl/N-ethyl adjacent to an activating group) is 1. The zero-order valence-corrected chi connectivity index (χ0v) is 7.97. The molecule has 0 bridgehead atoms. The van der Waals surface area contributed by atoms with Gasteiger partial charge in [-0.2, -0.15) is 0 Å². The molecule has 0 aliphatic carbocycles. The molecule has 1 N–H and O–H groups in total. The van der Waals surface area contributed by atoms with Gasteiger partial charge in [-0.1, -0.05) is 6.92 Å². The molecule has 0 aromatic carbocycles. The van der Waals surface area contributed by atoms with Crippen molar-refractivity contribution >= 4 is 5.91 Å². The molecule has 0 saturated carbocycles. The van der Waals surface area contributed by atoms with Gasteiger partial charge in [0, 0.05) is 26.1 Å². The largest absolute Gasteiger partial charge is 0.355 e. The second kappa shape index (κ2) is 4.45. The molecule has 0 spiro atoms. The highest BCUT2D eigenvalue weighted by atomic mass is 16.1. The third-order valence-corrected chi connectivity index (χ3v) is 2.30. The molecule has 1 fully saturated rings. The maximum Gasteiger partial charge on any atom is 0.220 e. The highest BCUT2D eigenvalue weighted by Crippen LogP contribution is 2.07. The second-order valence-electron chi connectivity index (χ2n) is 3.76. The van der Waals surface area contributed by atoms with Crippen molar-refractivity contribution in [3.63, 3.8) is 0 Å². The van der Waals surface area contributed by atoms with E-state index in [4.69, 9.17) is 0 Å². The van der Waals surface area contributed by atoms with E-state index < -0.39 is 0 Å². The Kier molecular flexibility index (Phi) is 3.53. The Morgan fingerprint density at radius 1 is 1.58 bits per heavy atom. The minimum atomic E-state index is 0.206. The van der Waals surface area contributed by atoms with Gasteiger partial charge in [-0.15, -0.1) is 0 Å². The lowest BCUT2D eigenvalue weighted by atomic mass is 10.1. The van der Waals surface area contributed by atoms with Crippen molar-refractivity contribution in [2.75, 3.05) is 26.7 Å². The van der Waals surface area contributed by atoms with Crippen LogP contribution in [0.1, 0.15) is 19.8 Å². The maximum absolute atomic E-state index is 11.1. The van der Waals surface area contributed by atoms with Gasteiger partial charge in [-0.3, -0.25) is 4.79 Å². The number of carbonyl (C=O) groups excluding carboxylic acids is 1. The highest BCUT2D eigenvalue weighted by molar-refractivity contribution is 5.75. The number of hydrogen-bond acceptors (Lipinski definition) is 2. The standard InChI is InChI=1S/C9H18N2O/c1-8-3-4-9(12)10-5-6-11(2)7-8/h8H,3-7H2,1-2H3,(H,10,12). The van der Waals surface area contributed by atoms with Crippen molar-refractivity contribution in [2.24, 2.45) is 5.92 Å². The normalized spacial score (nSPS) is 28.5. The summed E-state index contributed by atoms with van der Waals surface area (Å²) in [7, 11) is 2.11. The monoisotopic (exact) mass is 170 g/mol. The summed E-state index contributed by atoms with van der Waals surface area (Å²) in [6.45, 7) is 5.07. The van der Waals surface area contributed by atoms with Crippen molar-refractivity contribution in [1.82, 2.24) is 10.2 Å². The van der Waals surface area contributed by atoms with Gasteiger partial charge in [-0.25, -0.2) is 0 Å². The average Bonchev–Trinajstić information content (AvgIpc) is 2.05. The van der Waals surface area contributed by atoms with E-state index in [-0.39, 0.29) is 5.91 Å².